The number of morpholine rings is 1. The number of anilines is 1. The number of nitrogens with zero attached hydrogens (tertiary/aromatic N) is 1. The molecule has 7 nitrogen and oxygen atoms in total. The van der Waals surface area contributed by atoms with E-state index < -0.39 is 15.9 Å². The van der Waals surface area contributed by atoms with Crippen molar-refractivity contribution >= 4 is 50.9 Å². The van der Waals surface area contributed by atoms with E-state index in [1.54, 1.807) is 24.3 Å². The molecule has 2 aromatic rings. The molecule has 1 saturated heterocycles. The molecule has 0 unspecified atom stereocenters. The summed E-state index contributed by atoms with van der Waals surface area (Å²) >= 11 is 12.0. The van der Waals surface area contributed by atoms with Crippen LogP contribution in [-0.4, -0.2) is 52.0 Å². The minimum atomic E-state index is -3.80. The monoisotopic (exact) mass is 470 g/mol. The molecular formula is C20H20Cl2N2O5S. The number of hydrogen-bond acceptors (Lipinski definition) is 5. The number of carbonyl (C=O) groups excluding carboxylic acids is 1. The molecule has 10 heteroatoms. The molecule has 0 atom stereocenters. The minimum Gasteiger partial charge on any atom is -0.495 e. The van der Waals surface area contributed by atoms with E-state index in [0.717, 1.165) is 0 Å². The van der Waals surface area contributed by atoms with Gasteiger partial charge < -0.3 is 14.8 Å². The zero-order chi connectivity index (χ0) is 21.7. The molecule has 1 aliphatic rings. The van der Waals surface area contributed by atoms with E-state index in [2.05, 4.69) is 5.32 Å². The van der Waals surface area contributed by atoms with Gasteiger partial charge in [0.15, 0.2) is 0 Å². The van der Waals surface area contributed by atoms with E-state index in [-0.39, 0.29) is 23.7 Å². The molecule has 30 heavy (non-hydrogen) atoms. The fourth-order valence-corrected chi connectivity index (χ4v) is 4.82. The van der Waals surface area contributed by atoms with E-state index >= 15 is 0 Å². The van der Waals surface area contributed by atoms with Crippen LogP contribution in [0, 0.1) is 0 Å². The summed E-state index contributed by atoms with van der Waals surface area (Å²) in [5.41, 5.74) is 0.902. The zero-order valence-corrected chi connectivity index (χ0v) is 18.4. The summed E-state index contributed by atoms with van der Waals surface area (Å²) in [6.45, 7) is 1.17. The highest BCUT2D eigenvalue weighted by atomic mass is 35.5. The van der Waals surface area contributed by atoms with Crippen molar-refractivity contribution in [3.05, 3.63) is 58.1 Å². The SMILES string of the molecule is COc1ccc(NC(=O)/C=C/c2cc(Cl)ccc2Cl)cc1S(=O)(=O)N1CCOCC1. The Kier molecular flexibility index (Phi) is 7.38. The Hall–Kier alpha value is -2.10. The highest BCUT2D eigenvalue weighted by Crippen LogP contribution is 2.30. The summed E-state index contributed by atoms with van der Waals surface area (Å²) in [5, 5.41) is 3.59. The van der Waals surface area contributed by atoms with Crippen LogP contribution in [0.15, 0.2) is 47.4 Å². The quantitative estimate of drug-likeness (QED) is 0.650. The van der Waals surface area contributed by atoms with Crippen molar-refractivity contribution in [3.63, 3.8) is 0 Å². The number of amides is 1. The van der Waals surface area contributed by atoms with Gasteiger partial charge in [-0.05, 0) is 48.0 Å². The van der Waals surface area contributed by atoms with Crippen molar-refractivity contribution in [2.45, 2.75) is 4.90 Å². The Labute approximate surface area is 185 Å². The van der Waals surface area contributed by atoms with Crippen LogP contribution in [0.3, 0.4) is 0 Å². The fourth-order valence-electron chi connectivity index (χ4n) is 2.87. The van der Waals surface area contributed by atoms with Gasteiger partial charge in [0.2, 0.25) is 15.9 Å². The lowest BCUT2D eigenvalue weighted by molar-refractivity contribution is -0.111. The molecule has 0 aliphatic carbocycles. The van der Waals surface area contributed by atoms with Crippen molar-refractivity contribution in [1.82, 2.24) is 4.31 Å². The van der Waals surface area contributed by atoms with Crippen LogP contribution in [0.2, 0.25) is 10.0 Å². The summed E-state index contributed by atoms with van der Waals surface area (Å²) in [4.78, 5) is 12.3. The largest absolute Gasteiger partial charge is 0.495 e. The van der Waals surface area contributed by atoms with Gasteiger partial charge in [0, 0.05) is 34.9 Å². The standard InChI is InChI=1S/C20H20Cl2N2O5S/c1-28-18-6-4-16(13-19(18)30(26,27)24-8-10-29-11-9-24)23-20(25)7-2-14-12-15(21)3-5-17(14)22/h2-7,12-13H,8-11H2,1H3,(H,23,25)/b7-2+. The van der Waals surface area contributed by atoms with Gasteiger partial charge in [-0.15, -0.1) is 0 Å². The Morgan fingerprint density at radius 2 is 1.90 bits per heavy atom. The van der Waals surface area contributed by atoms with Crippen LogP contribution in [0.25, 0.3) is 6.08 Å². The van der Waals surface area contributed by atoms with Gasteiger partial charge in [-0.2, -0.15) is 4.31 Å². The molecule has 0 aromatic heterocycles. The summed E-state index contributed by atoms with van der Waals surface area (Å²) in [5.74, 6) is -0.258. The molecule has 1 heterocycles. The van der Waals surface area contributed by atoms with E-state index in [9.17, 15) is 13.2 Å². The first-order chi connectivity index (χ1) is 14.3. The first-order valence-electron chi connectivity index (χ1n) is 9.01. The lowest BCUT2D eigenvalue weighted by Crippen LogP contribution is -2.40. The highest BCUT2D eigenvalue weighted by molar-refractivity contribution is 7.89. The summed E-state index contributed by atoms with van der Waals surface area (Å²) < 4.78 is 37.8. The second kappa shape index (κ2) is 9.80. The van der Waals surface area contributed by atoms with Gasteiger partial charge in [0.1, 0.15) is 10.6 Å². The smallest absolute Gasteiger partial charge is 0.248 e. The van der Waals surface area contributed by atoms with Gasteiger partial charge in [0.25, 0.3) is 0 Å². The molecular weight excluding hydrogens is 451 g/mol. The highest BCUT2D eigenvalue weighted by Gasteiger charge is 2.29. The molecule has 1 N–H and O–H groups in total. The summed E-state index contributed by atoms with van der Waals surface area (Å²) in [7, 11) is -2.41. The molecule has 1 aliphatic heterocycles. The first-order valence-corrected chi connectivity index (χ1v) is 11.2. The maximum absolute atomic E-state index is 13.0. The van der Waals surface area contributed by atoms with E-state index in [4.69, 9.17) is 32.7 Å². The van der Waals surface area contributed by atoms with Gasteiger partial charge in [-0.3, -0.25) is 4.79 Å². The molecule has 160 valence electrons. The Balaban J connectivity index is 1.81. The molecule has 0 saturated carbocycles. The number of halogens is 2. The normalized spacial score (nSPS) is 15.3. The molecule has 0 spiro atoms. The van der Waals surface area contributed by atoms with Crippen molar-refractivity contribution in [3.8, 4) is 5.75 Å². The average molecular weight is 471 g/mol. The third-order valence-electron chi connectivity index (χ3n) is 4.39. The number of carbonyl (C=O) groups is 1. The number of methoxy groups -OCH3 is 1. The van der Waals surface area contributed by atoms with Gasteiger partial charge in [-0.25, -0.2) is 8.42 Å². The maximum Gasteiger partial charge on any atom is 0.248 e. The topological polar surface area (TPSA) is 84.9 Å². The molecule has 0 bridgehead atoms. The van der Waals surface area contributed by atoms with Crippen LogP contribution < -0.4 is 10.1 Å². The number of hydrogen-bond donors (Lipinski definition) is 1. The number of ether oxygens (including phenoxy) is 2. The predicted molar refractivity (Wildman–Crippen MR) is 117 cm³/mol. The van der Waals surface area contributed by atoms with Gasteiger partial charge in [-0.1, -0.05) is 23.2 Å². The van der Waals surface area contributed by atoms with Crippen molar-refractivity contribution in [1.29, 1.82) is 0 Å². The van der Waals surface area contributed by atoms with Crippen molar-refractivity contribution in [2.75, 3.05) is 38.7 Å². The molecule has 1 fully saturated rings. The van der Waals surface area contributed by atoms with Crippen LogP contribution >= 0.6 is 23.2 Å². The number of nitrogens with one attached hydrogen (secondary N) is 1. The average Bonchev–Trinajstić information content (AvgIpc) is 2.75. The third kappa shape index (κ3) is 5.33. The van der Waals surface area contributed by atoms with Gasteiger partial charge >= 0.3 is 0 Å². The van der Waals surface area contributed by atoms with Crippen LogP contribution in [0.1, 0.15) is 5.56 Å². The lowest BCUT2D eigenvalue weighted by Gasteiger charge is -2.26. The van der Waals surface area contributed by atoms with Crippen LogP contribution in [0.5, 0.6) is 5.75 Å². The zero-order valence-electron chi connectivity index (χ0n) is 16.1. The van der Waals surface area contributed by atoms with Crippen LogP contribution in [-0.2, 0) is 19.6 Å². The number of rotatable bonds is 6. The van der Waals surface area contributed by atoms with Crippen LogP contribution in [0.4, 0.5) is 5.69 Å². The Bertz CT molecular complexity index is 1070. The van der Waals surface area contributed by atoms with Crippen molar-refractivity contribution in [2.24, 2.45) is 0 Å². The fraction of sp³-hybridized carbons (Fsp3) is 0.250. The molecule has 0 radical (unpaired) electrons. The maximum atomic E-state index is 13.0. The Morgan fingerprint density at radius 1 is 1.17 bits per heavy atom. The van der Waals surface area contributed by atoms with Gasteiger partial charge in [0.05, 0.1) is 20.3 Å². The summed E-state index contributed by atoms with van der Waals surface area (Å²) in [6.07, 6.45) is 2.82. The molecule has 2 aromatic carbocycles. The second-order valence-corrected chi connectivity index (χ2v) is 9.12. The summed E-state index contributed by atoms with van der Waals surface area (Å²) in [6, 6.07) is 9.36. The Morgan fingerprint density at radius 3 is 2.60 bits per heavy atom. The first kappa shape index (κ1) is 22.6. The van der Waals surface area contributed by atoms with E-state index in [1.807, 2.05) is 0 Å². The third-order valence-corrected chi connectivity index (χ3v) is 6.89. The number of benzene rings is 2. The van der Waals surface area contributed by atoms with E-state index in [1.165, 1.54) is 35.7 Å². The lowest BCUT2D eigenvalue weighted by atomic mass is 10.2. The predicted octanol–water partition coefficient (Wildman–Crippen LogP) is 3.67. The number of sulfonamides is 1. The van der Waals surface area contributed by atoms with E-state index in [0.29, 0.717) is 34.5 Å². The second-order valence-electron chi connectivity index (χ2n) is 6.37. The minimum absolute atomic E-state index is 0.0217. The van der Waals surface area contributed by atoms with Crippen molar-refractivity contribution < 1.29 is 22.7 Å². The molecule has 1 amide bonds. The molecule has 3 rings (SSSR count).